The summed E-state index contributed by atoms with van der Waals surface area (Å²) >= 11 is 6.45. The highest BCUT2D eigenvalue weighted by molar-refractivity contribution is 6.22. The summed E-state index contributed by atoms with van der Waals surface area (Å²) in [6, 6.07) is 3.99. The first-order valence-corrected chi connectivity index (χ1v) is 8.41. The average molecular weight is 336 g/mol. The molecule has 2 bridgehead atoms. The van der Waals surface area contributed by atoms with Crippen LogP contribution in [0.2, 0.25) is 0 Å². The molecular formula is C17H18ClNO4. The van der Waals surface area contributed by atoms with Crippen LogP contribution in [0.25, 0.3) is 0 Å². The first kappa shape index (κ1) is 14.1. The predicted molar refractivity (Wildman–Crippen MR) is 84.4 cm³/mol. The third kappa shape index (κ3) is 1.85. The number of alkyl halides is 1. The molecule has 23 heavy (non-hydrogen) atoms. The normalized spacial score (nSPS) is 39.7. The fraction of sp³-hybridized carbons (Fsp3) is 0.529. The maximum atomic E-state index is 13.5. The van der Waals surface area contributed by atoms with Crippen LogP contribution in [0, 0.1) is 5.21 Å². The predicted octanol–water partition coefficient (Wildman–Crippen LogP) is 2.66. The molecule has 1 aliphatic carbocycles. The molecule has 3 heterocycles. The number of hydrogen-bond donors (Lipinski definition) is 0. The number of halogens is 1. The molecule has 1 aromatic carbocycles. The molecule has 6 heteroatoms. The van der Waals surface area contributed by atoms with Crippen LogP contribution < -0.4 is 9.47 Å². The second-order valence-electron chi connectivity index (χ2n) is 6.89. The van der Waals surface area contributed by atoms with Gasteiger partial charge in [-0.05, 0) is 23.3 Å². The molecule has 3 aliphatic heterocycles. The van der Waals surface area contributed by atoms with Crippen LogP contribution in [-0.2, 0) is 11.3 Å². The Morgan fingerprint density at radius 1 is 1.30 bits per heavy atom. The Morgan fingerprint density at radius 3 is 2.87 bits per heavy atom. The van der Waals surface area contributed by atoms with E-state index in [-0.39, 0.29) is 34.9 Å². The number of methoxy groups -OCH3 is 1. The van der Waals surface area contributed by atoms with Crippen LogP contribution in [0.4, 0.5) is 0 Å². The van der Waals surface area contributed by atoms with Gasteiger partial charge in [0.2, 0.25) is 6.79 Å². The van der Waals surface area contributed by atoms with E-state index < -0.39 is 0 Å². The number of nitrogens with zero attached hydrogens (tertiary/aromatic N) is 1. The number of fused-ring (bicyclic) bond motifs is 8. The van der Waals surface area contributed by atoms with Crippen molar-refractivity contribution in [2.75, 3.05) is 20.4 Å². The molecule has 0 aromatic heterocycles. The van der Waals surface area contributed by atoms with Crippen molar-refractivity contribution < 1.29 is 18.9 Å². The van der Waals surface area contributed by atoms with Gasteiger partial charge in [0.05, 0.1) is 23.9 Å². The minimum absolute atomic E-state index is 0.0518. The van der Waals surface area contributed by atoms with Gasteiger partial charge < -0.3 is 24.1 Å². The van der Waals surface area contributed by atoms with Gasteiger partial charge in [-0.3, -0.25) is 0 Å². The van der Waals surface area contributed by atoms with Gasteiger partial charge in [0, 0.05) is 19.1 Å². The van der Waals surface area contributed by atoms with Crippen molar-refractivity contribution in [3.8, 4) is 11.5 Å². The summed E-state index contributed by atoms with van der Waals surface area (Å²) in [5, 5.41) is 13.3. The molecule has 1 fully saturated rings. The Morgan fingerprint density at radius 2 is 2.09 bits per heavy atom. The van der Waals surface area contributed by atoms with Gasteiger partial charge in [-0.25, -0.2) is 0 Å². The van der Waals surface area contributed by atoms with E-state index in [9.17, 15) is 5.21 Å². The van der Waals surface area contributed by atoms with Gasteiger partial charge in [0.1, 0.15) is 12.6 Å². The van der Waals surface area contributed by atoms with Gasteiger partial charge in [-0.1, -0.05) is 6.08 Å². The highest BCUT2D eigenvalue weighted by atomic mass is 35.5. The van der Waals surface area contributed by atoms with Crippen molar-refractivity contribution >= 4 is 11.6 Å². The van der Waals surface area contributed by atoms with Gasteiger partial charge in [0.25, 0.3) is 0 Å². The molecule has 5 rings (SSSR count). The lowest BCUT2D eigenvalue weighted by atomic mass is 9.83. The van der Waals surface area contributed by atoms with Crippen molar-refractivity contribution in [3.63, 3.8) is 0 Å². The molecule has 122 valence electrons. The third-order valence-electron chi connectivity index (χ3n) is 5.76. The molecule has 0 amide bonds. The number of ether oxygens (including phenoxy) is 3. The molecule has 0 spiro atoms. The van der Waals surface area contributed by atoms with E-state index in [0.29, 0.717) is 19.5 Å². The fourth-order valence-electron chi connectivity index (χ4n) is 4.67. The summed E-state index contributed by atoms with van der Waals surface area (Å²) in [6.45, 7) is 1.32. The molecule has 4 aliphatic rings. The first-order valence-electron chi connectivity index (χ1n) is 7.98. The molecule has 1 aromatic rings. The molecule has 0 unspecified atom stereocenters. The number of hydroxylamine groups is 3. The van der Waals surface area contributed by atoms with Crippen LogP contribution >= 0.6 is 11.6 Å². The number of benzene rings is 1. The number of rotatable bonds is 1. The number of hydrogen-bond acceptors (Lipinski definition) is 4. The van der Waals surface area contributed by atoms with Crippen LogP contribution in [0.1, 0.15) is 23.5 Å². The average Bonchev–Trinajstić information content (AvgIpc) is 3.06. The topological polar surface area (TPSA) is 50.8 Å². The summed E-state index contributed by atoms with van der Waals surface area (Å²) in [7, 11) is 1.67. The SMILES string of the molecule is CO[C@H]1C[C@H]2C(=C[C@@H]1Cl)[C@H]1C[N@@+]2([O-])Cc2cc3c(cc21)OCO3. The largest absolute Gasteiger partial charge is 0.632 e. The van der Waals surface area contributed by atoms with Crippen molar-refractivity contribution in [1.29, 1.82) is 0 Å². The van der Waals surface area contributed by atoms with Gasteiger partial charge in [0.15, 0.2) is 11.5 Å². The van der Waals surface area contributed by atoms with Crippen molar-refractivity contribution in [1.82, 2.24) is 0 Å². The Labute approximate surface area is 139 Å². The second kappa shape index (κ2) is 4.63. The standard InChI is InChI=1S/C17H18ClNO4/c1-21-15-5-14-11(3-13(15)18)12-7-19(14,20)6-9-2-16-17(4-10(9)12)23-8-22-16/h2-4,12-15H,5-8H2,1H3/t12-,13-,14-,15-,19-/m0/s1. The zero-order valence-corrected chi connectivity index (χ0v) is 13.6. The lowest BCUT2D eigenvalue weighted by Crippen LogP contribution is -2.50. The van der Waals surface area contributed by atoms with E-state index in [1.807, 2.05) is 6.07 Å². The van der Waals surface area contributed by atoms with Crippen LogP contribution in [0.5, 0.6) is 11.5 Å². The molecule has 5 atom stereocenters. The lowest BCUT2D eigenvalue weighted by Gasteiger charge is -2.47. The molecule has 0 saturated carbocycles. The minimum atomic E-state index is -0.202. The lowest BCUT2D eigenvalue weighted by molar-refractivity contribution is -0.905. The zero-order valence-electron chi connectivity index (χ0n) is 12.8. The van der Waals surface area contributed by atoms with Crippen molar-refractivity contribution in [2.24, 2.45) is 0 Å². The highest BCUT2D eigenvalue weighted by Crippen LogP contribution is 2.53. The Balaban J connectivity index is 1.63. The summed E-state index contributed by atoms with van der Waals surface area (Å²) in [6.07, 6.45) is 2.66. The Bertz CT molecular complexity index is 721. The van der Waals surface area contributed by atoms with Gasteiger partial charge in [-0.15, -0.1) is 11.6 Å². The fourth-order valence-corrected chi connectivity index (χ4v) is 5.02. The van der Waals surface area contributed by atoms with E-state index in [4.69, 9.17) is 25.8 Å². The van der Waals surface area contributed by atoms with Gasteiger partial charge >= 0.3 is 0 Å². The van der Waals surface area contributed by atoms with Crippen LogP contribution in [0.15, 0.2) is 23.8 Å². The monoisotopic (exact) mass is 335 g/mol. The Kier molecular flexibility index (Phi) is 2.84. The summed E-state index contributed by atoms with van der Waals surface area (Å²) < 4.78 is 16.3. The molecular weight excluding hydrogens is 318 g/mol. The van der Waals surface area contributed by atoms with E-state index in [2.05, 4.69) is 12.1 Å². The van der Waals surface area contributed by atoms with E-state index in [0.717, 1.165) is 17.1 Å². The minimum Gasteiger partial charge on any atom is -0.632 e. The van der Waals surface area contributed by atoms with E-state index in [1.54, 1.807) is 7.11 Å². The molecule has 0 radical (unpaired) electrons. The summed E-state index contributed by atoms with van der Waals surface area (Å²) in [5.74, 6) is 1.67. The first-order chi connectivity index (χ1) is 11.1. The maximum Gasteiger partial charge on any atom is 0.231 e. The molecule has 5 nitrogen and oxygen atoms in total. The quantitative estimate of drug-likeness (QED) is 0.343. The second-order valence-corrected chi connectivity index (χ2v) is 7.39. The zero-order chi connectivity index (χ0) is 15.8. The van der Waals surface area contributed by atoms with Crippen molar-refractivity contribution in [2.45, 2.75) is 36.4 Å². The third-order valence-corrected chi connectivity index (χ3v) is 6.17. The van der Waals surface area contributed by atoms with E-state index >= 15 is 0 Å². The summed E-state index contributed by atoms with van der Waals surface area (Å²) in [4.78, 5) is 0. The number of quaternary nitrogens is 1. The highest BCUT2D eigenvalue weighted by Gasteiger charge is 2.53. The molecule has 0 N–H and O–H groups in total. The molecule has 1 saturated heterocycles. The summed E-state index contributed by atoms with van der Waals surface area (Å²) in [5.41, 5.74) is 3.47. The Hall–Kier alpha value is -1.27. The van der Waals surface area contributed by atoms with Crippen molar-refractivity contribution in [3.05, 3.63) is 40.1 Å². The van der Waals surface area contributed by atoms with Crippen LogP contribution in [0.3, 0.4) is 0 Å². The smallest absolute Gasteiger partial charge is 0.231 e. The van der Waals surface area contributed by atoms with Crippen LogP contribution in [-0.4, -0.2) is 42.6 Å². The van der Waals surface area contributed by atoms with Gasteiger partial charge in [-0.2, -0.15) is 0 Å². The maximum absolute atomic E-state index is 13.5. The van der Waals surface area contributed by atoms with E-state index in [1.165, 1.54) is 11.1 Å².